The number of anilines is 1. The molecule has 1 amide bonds. The minimum Gasteiger partial charge on any atom is -0.370 e. The number of benzene rings is 1. The lowest BCUT2D eigenvalue weighted by Crippen LogP contribution is -2.22. The predicted octanol–water partition coefficient (Wildman–Crippen LogP) is 3.40. The van der Waals surface area contributed by atoms with Crippen LogP contribution in [0.15, 0.2) is 58.1 Å². The van der Waals surface area contributed by atoms with Crippen molar-refractivity contribution < 1.29 is 13.2 Å². The Morgan fingerprint density at radius 1 is 1.27 bits per heavy atom. The van der Waals surface area contributed by atoms with E-state index in [1.54, 1.807) is 12.1 Å². The van der Waals surface area contributed by atoms with Crippen LogP contribution >= 0.6 is 11.3 Å². The number of hydrogen-bond donors (Lipinski definition) is 3. The number of nitrogens with zero attached hydrogens (tertiary/aromatic N) is 2. The highest BCUT2D eigenvalue weighted by Crippen LogP contribution is 2.28. The third-order valence-electron chi connectivity index (χ3n) is 4.76. The number of nitrogens with one attached hydrogen (secondary N) is 1. The number of amides is 1. The molecule has 1 atom stereocenters. The molecule has 8 nitrogen and oxygen atoms in total. The Labute approximate surface area is 199 Å². The molecule has 0 aliphatic rings. The maximum atomic E-state index is 11.7. The number of carbonyl (C=O) groups is 1. The largest absolute Gasteiger partial charge is 0.370 e. The molecule has 0 aliphatic heterocycles. The number of allylic oxidation sites excluding steroid dienone is 3. The van der Waals surface area contributed by atoms with E-state index in [2.05, 4.69) is 22.2 Å². The second kappa shape index (κ2) is 11.8. The molecular formula is C23H31N5O3S2. The average molecular weight is 490 g/mol. The fourth-order valence-electron chi connectivity index (χ4n) is 3.03. The second-order valence-electron chi connectivity index (χ2n) is 7.79. The molecule has 0 bridgehead atoms. The number of sulfone groups is 1. The Kier molecular flexibility index (Phi) is 9.36. The summed E-state index contributed by atoms with van der Waals surface area (Å²) in [6.45, 7) is 5.42. The summed E-state index contributed by atoms with van der Waals surface area (Å²) in [6, 6.07) is 6.85. The summed E-state index contributed by atoms with van der Waals surface area (Å²) in [4.78, 5) is 21.5. The van der Waals surface area contributed by atoms with Gasteiger partial charge in [0.1, 0.15) is 0 Å². The number of guanidine groups is 1. The zero-order valence-corrected chi connectivity index (χ0v) is 21.0. The van der Waals surface area contributed by atoms with E-state index in [9.17, 15) is 13.2 Å². The van der Waals surface area contributed by atoms with Gasteiger partial charge in [-0.15, -0.1) is 11.3 Å². The molecule has 0 aliphatic carbocycles. The SMILES string of the molecule is C/C=C(\C=C/C(C)CCc1nc(NC(C)=O)sc1Cc1ccc(S(C)(=O)=O)cc1)N=C(N)N. The van der Waals surface area contributed by atoms with E-state index in [1.807, 2.05) is 37.3 Å². The summed E-state index contributed by atoms with van der Waals surface area (Å²) in [7, 11) is -3.24. The number of hydrogen-bond acceptors (Lipinski definition) is 6. The lowest BCUT2D eigenvalue weighted by atomic mass is 10.0. The van der Waals surface area contributed by atoms with Crippen molar-refractivity contribution in [3.63, 3.8) is 0 Å². The number of carbonyl (C=O) groups excluding carboxylic acids is 1. The van der Waals surface area contributed by atoms with Crippen molar-refractivity contribution in [3.05, 3.63) is 64.3 Å². The normalized spacial score (nSPS) is 13.2. The van der Waals surface area contributed by atoms with Crippen molar-refractivity contribution in [2.24, 2.45) is 22.4 Å². The van der Waals surface area contributed by atoms with Gasteiger partial charge in [-0.1, -0.05) is 31.2 Å². The molecule has 2 aromatic rings. The molecule has 0 spiro atoms. The highest BCUT2D eigenvalue weighted by atomic mass is 32.2. The fourth-order valence-corrected chi connectivity index (χ4v) is 4.75. The molecule has 0 radical (unpaired) electrons. The molecule has 5 N–H and O–H groups in total. The summed E-state index contributed by atoms with van der Waals surface area (Å²) in [5.74, 6) is 0.0961. The van der Waals surface area contributed by atoms with E-state index in [0.29, 0.717) is 17.2 Å². The highest BCUT2D eigenvalue weighted by molar-refractivity contribution is 7.90. The fraction of sp³-hybridized carbons (Fsp3) is 0.348. The molecule has 1 heterocycles. The standard InChI is InChI=1S/C23H31N5O3S2/c1-5-18(27-22(24)25)10-6-15(2)7-13-20-21(32-23(28-20)26-16(3)29)14-17-8-11-19(12-9-17)33(4,30)31/h5-6,8-12,15H,7,13-14H2,1-4H3,(H4,24,25,27)(H,26,28,29)/b10-6-,18-5+. The number of aromatic nitrogens is 1. The van der Waals surface area contributed by atoms with Gasteiger partial charge in [0, 0.05) is 24.5 Å². The molecule has 0 fully saturated rings. The van der Waals surface area contributed by atoms with E-state index in [-0.39, 0.29) is 22.7 Å². The van der Waals surface area contributed by atoms with Crippen LogP contribution in [0.3, 0.4) is 0 Å². The zero-order valence-electron chi connectivity index (χ0n) is 19.3. The van der Waals surface area contributed by atoms with Gasteiger partial charge in [-0.05, 0) is 49.5 Å². The van der Waals surface area contributed by atoms with E-state index in [1.165, 1.54) is 24.5 Å². The summed E-state index contributed by atoms with van der Waals surface area (Å²) in [5, 5.41) is 3.33. The van der Waals surface area contributed by atoms with Gasteiger partial charge >= 0.3 is 0 Å². The van der Waals surface area contributed by atoms with E-state index >= 15 is 0 Å². The number of rotatable bonds is 10. The Bertz CT molecular complexity index is 1160. The Morgan fingerprint density at radius 2 is 1.94 bits per heavy atom. The van der Waals surface area contributed by atoms with E-state index < -0.39 is 9.84 Å². The Hall–Kier alpha value is -2.98. The first kappa shape index (κ1) is 26.3. The monoisotopic (exact) mass is 489 g/mol. The number of thiazole rings is 1. The van der Waals surface area contributed by atoms with Gasteiger partial charge in [0.2, 0.25) is 5.91 Å². The molecule has 178 valence electrons. The van der Waals surface area contributed by atoms with Crippen LogP contribution in [0.5, 0.6) is 0 Å². The zero-order chi connectivity index (χ0) is 24.6. The topological polar surface area (TPSA) is 141 Å². The maximum absolute atomic E-state index is 11.7. The van der Waals surface area contributed by atoms with Crippen LogP contribution < -0.4 is 16.8 Å². The van der Waals surface area contributed by atoms with Gasteiger partial charge in [-0.25, -0.2) is 18.4 Å². The van der Waals surface area contributed by atoms with Crippen molar-refractivity contribution in [1.82, 2.24) is 4.98 Å². The van der Waals surface area contributed by atoms with Crippen LogP contribution in [0.1, 0.15) is 43.3 Å². The van der Waals surface area contributed by atoms with Crippen molar-refractivity contribution >= 4 is 38.2 Å². The van der Waals surface area contributed by atoms with E-state index in [0.717, 1.165) is 29.0 Å². The molecule has 2 rings (SSSR count). The van der Waals surface area contributed by atoms with Crippen LogP contribution in [-0.4, -0.2) is 31.5 Å². The van der Waals surface area contributed by atoms with Gasteiger partial charge in [-0.3, -0.25) is 4.79 Å². The third-order valence-corrected chi connectivity index (χ3v) is 6.90. The third kappa shape index (κ3) is 8.82. The first-order chi connectivity index (χ1) is 15.5. The van der Waals surface area contributed by atoms with Crippen molar-refractivity contribution in [2.75, 3.05) is 11.6 Å². The molecule has 0 saturated carbocycles. The Balaban J connectivity index is 2.16. The first-order valence-electron chi connectivity index (χ1n) is 10.5. The first-order valence-corrected chi connectivity index (χ1v) is 13.2. The van der Waals surface area contributed by atoms with Gasteiger partial charge < -0.3 is 16.8 Å². The van der Waals surface area contributed by atoms with Crippen LogP contribution in [0, 0.1) is 5.92 Å². The quantitative estimate of drug-likeness (QED) is 0.265. The predicted molar refractivity (Wildman–Crippen MR) is 135 cm³/mol. The molecule has 0 saturated heterocycles. The van der Waals surface area contributed by atoms with Gasteiger partial charge in [0.25, 0.3) is 0 Å². The average Bonchev–Trinajstić information content (AvgIpc) is 3.09. The lowest BCUT2D eigenvalue weighted by Gasteiger charge is -2.07. The highest BCUT2D eigenvalue weighted by Gasteiger charge is 2.14. The molecule has 1 unspecified atom stereocenters. The van der Waals surface area contributed by atoms with Crippen molar-refractivity contribution in [1.29, 1.82) is 0 Å². The van der Waals surface area contributed by atoms with Crippen molar-refractivity contribution in [2.45, 2.75) is 44.9 Å². The van der Waals surface area contributed by atoms with Gasteiger partial charge in [-0.2, -0.15) is 0 Å². The molecule has 33 heavy (non-hydrogen) atoms. The Morgan fingerprint density at radius 3 is 2.48 bits per heavy atom. The van der Waals surface area contributed by atoms with E-state index in [4.69, 9.17) is 11.5 Å². The second-order valence-corrected chi connectivity index (χ2v) is 10.9. The van der Waals surface area contributed by atoms with Crippen LogP contribution in [0.4, 0.5) is 5.13 Å². The summed E-state index contributed by atoms with van der Waals surface area (Å²) in [6.07, 6.45) is 9.13. The molecular weight excluding hydrogens is 458 g/mol. The molecule has 1 aromatic carbocycles. The summed E-state index contributed by atoms with van der Waals surface area (Å²) >= 11 is 1.44. The summed E-state index contributed by atoms with van der Waals surface area (Å²) in [5.41, 5.74) is 13.5. The number of aliphatic imine (C=N–C) groups is 1. The van der Waals surface area contributed by atoms with Crippen LogP contribution in [0.2, 0.25) is 0 Å². The minimum atomic E-state index is -3.24. The molecule has 10 heteroatoms. The minimum absolute atomic E-state index is 0.0163. The van der Waals surface area contributed by atoms with Crippen LogP contribution in [0.25, 0.3) is 0 Å². The smallest absolute Gasteiger partial charge is 0.223 e. The number of nitrogens with two attached hydrogens (primary N) is 2. The molecule has 1 aromatic heterocycles. The van der Waals surface area contributed by atoms with Crippen LogP contribution in [-0.2, 0) is 27.5 Å². The summed E-state index contributed by atoms with van der Waals surface area (Å²) < 4.78 is 23.4. The number of aryl methyl sites for hydroxylation is 1. The van der Waals surface area contributed by atoms with Gasteiger partial charge in [0.15, 0.2) is 20.9 Å². The van der Waals surface area contributed by atoms with Gasteiger partial charge in [0.05, 0.1) is 16.3 Å². The maximum Gasteiger partial charge on any atom is 0.223 e. The van der Waals surface area contributed by atoms with Crippen molar-refractivity contribution in [3.8, 4) is 0 Å². The lowest BCUT2D eigenvalue weighted by molar-refractivity contribution is -0.114.